The van der Waals surface area contributed by atoms with Crippen molar-refractivity contribution in [3.63, 3.8) is 0 Å². The molecule has 3 saturated heterocycles. The molecular formula is C37H42O11. The van der Waals surface area contributed by atoms with Gasteiger partial charge in [-0.3, -0.25) is 9.59 Å². The summed E-state index contributed by atoms with van der Waals surface area (Å²) in [5, 5.41) is 65.4. The molecule has 0 unspecified atom stereocenters. The van der Waals surface area contributed by atoms with Crippen molar-refractivity contribution in [2.24, 2.45) is 11.8 Å². The number of fused-ring (bicyclic) bond motifs is 3. The highest BCUT2D eigenvalue weighted by Crippen LogP contribution is 2.48. The van der Waals surface area contributed by atoms with Gasteiger partial charge in [0.25, 0.3) is 0 Å². The second-order valence-corrected chi connectivity index (χ2v) is 14.1. The monoisotopic (exact) mass is 662 g/mol. The van der Waals surface area contributed by atoms with E-state index in [9.17, 15) is 40.2 Å². The lowest BCUT2D eigenvalue weighted by Crippen LogP contribution is -2.54. The number of aromatic hydroxyl groups is 3. The van der Waals surface area contributed by atoms with Crippen LogP contribution in [0.15, 0.2) is 30.3 Å². The lowest BCUT2D eigenvalue weighted by molar-refractivity contribution is -0.221. The van der Waals surface area contributed by atoms with Crippen LogP contribution in [0, 0.1) is 18.8 Å². The van der Waals surface area contributed by atoms with Gasteiger partial charge in [-0.15, -0.1) is 0 Å². The average molecular weight is 663 g/mol. The van der Waals surface area contributed by atoms with Crippen LogP contribution in [0.5, 0.6) is 17.2 Å². The lowest BCUT2D eigenvalue weighted by Gasteiger charge is -2.48. The van der Waals surface area contributed by atoms with Crippen LogP contribution in [0.4, 0.5) is 0 Å². The number of hydrogen-bond acceptors (Lipinski definition) is 11. The first-order valence-electron chi connectivity index (χ1n) is 16.7. The zero-order valence-electron chi connectivity index (χ0n) is 27.3. The van der Waals surface area contributed by atoms with Gasteiger partial charge in [0, 0.05) is 45.7 Å². The molecule has 11 heteroatoms. The minimum Gasteiger partial charge on any atom is -0.507 e. The fraction of sp³-hybridized carbons (Fsp3) is 0.514. The van der Waals surface area contributed by atoms with Crippen LogP contribution in [0.25, 0.3) is 10.8 Å². The number of aryl methyl sites for hydroxylation is 1. The van der Waals surface area contributed by atoms with Gasteiger partial charge in [0.1, 0.15) is 23.4 Å². The summed E-state index contributed by atoms with van der Waals surface area (Å²) in [5.74, 6) is -2.62. The molecule has 3 heterocycles. The van der Waals surface area contributed by atoms with Crippen LogP contribution >= 0.6 is 0 Å². The molecule has 11 nitrogen and oxygen atoms in total. The van der Waals surface area contributed by atoms with Gasteiger partial charge < -0.3 is 44.8 Å². The van der Waals surface area contributed by atoms with Gasteiger partial charge in [-0.25, -0.2) is 0 Å². The number of aliphatic hydroxyl groups is 3. The van der Waals surface area contributed by atoms with Crippen molar-refractivity contribution >= 4 is 22.3 Å². The summed E-state index contributed by atoms with van der Waals surface area (Å²) in [6, 6.07) is 7.50. The molecule has 1 aliphatic carbocycles. The number of benzene rings is 3. The van der Waals surface area contributed by atoms with E-state index in [0.29, 0.717) is 24.0 Å². The molecule has 11 atom stereocenters. The number of rotatable bonds is 3. The third-order valence-corrected chi connectivity index (χ3v) is 11.1. The van der Waals surface area contributed by atoms with E-state index < -0.39 is 59.7 Å². The van der Waals surface area contributed by atoms with Crippen LogP contribution in [0.2, 0.25) is 0 Å². The van der Waals surface area contributed by atoms with Crippen LogP contribution in [-0.2, 0) is 14.2 Å². The van der Waals surface area contributed by atoms with Gasteiger partial charge in [-0.05, 0) is 76.8 Å². The molecule has 256 valence electrons. The number of hydrogen-bond donors (Lipinski definition) is 6. The highest BCUT2D eigenvalue weighted by atomic mass is 16.5. The van der Waals surface area contributed by atoms with Crippen molar-refractivity contribution < 1.29 is 54.4 Å². The Hall–Kier alpha value is -3.58. The Morgan fingerprint density at radius 1 is 0.667 bits per heavy atom. The van der Waals surface area contributed by atoms with Crippen molar-refractivity contribution in [3.8, 4) is 17.2 Å². The van der Waals surface area contributed by atoms with Crippen molar-refractivity contribution in [1.29, 1.82) is 0 Å². The highest BCUT2D eigenvalue weighted by molar-refractivity contribution is 6.32. The summed E-state index contributed by atoms with van der Waals surface area (Å²) in [4.78, 5) is 27.6. The molecule has 0 spiro atoms. The minimum atomic E-state index is -0.933. The fourth-order valence-corrected chi connectivity index (χ4v) is 8.49. The van der Waals surface area contributed by atoms with Crippen LogP contribution < -0.4 is 0 Å². The lowest BCUT2D eigenvalue weighted by atomic mass is 9.76. The first-order chi connectivity index (χ1) is 22.8. The molecular weight excluding hydrogens is 620 g/mol. The zero-order valence-corrected chi connectivity index (χ0v) is 27.3. The predicted molar refractivity (Wildman–Crippen MR) is 172 cm³/mol. The molecule has 3 fully saturated rings. The Bertz CT molecular complexity index is 1790. The van der Waals surface area contributed by atoms with Crippen molar-refractivity contribution in [3.05, 3.63) is 63.7 Å². The maximum Gasteiger partial charge on any atom is 0.198 e. The zero-order chi connectivity index (χ0) is 34.3. The van der Waals surface area contributed by atoms with E-state index in [-0.39, 0.29) is 75.3 Å². The Labute approximate surface area is 277 Å². The molecule has 3 aromatic rings. The van der Waals surface area contributed by atoms with Crippen molar-refractivity contribution in [2.75, 3.05) is 0 Å². The standard InChI is InChI=1S/C37H42O11/c1-14-9-22-21(25(38)10-14)11-24-31(36(22)44)35(43)20-6-5-19(34(42)30(20)37(24)45)28-12-23(32(40)16(3)47-28)27-8-7-18(15(2)46-27)29-13-26(39)33(41)17(4)48-29/h5-6,9-11,15-18,23,26-29,32-33,38-42,44H,7-8,12-13H2,1-4H3/t15-,16-,17-,18-,23+,26-,27+,28-,29-,32-,33-/m0/s1. The fourth-order valence-electron chi connectivity index (χ4n) is 8.49. The molecule has 7 rings (SSSR count). The Kier molecular flexibility index (Phi) is 8.29. The smallest absolute Gasteiger partial charge is 0.198 e. The van der Waals surface area contributed by atoms with Crippen LogP contribution in [0.1, 0.15) is 95.5 Å². The summed E-state index contributed by atoms with van der Waals surface area (Å²) in [6.45, 7) is 7.17. The number of ketones is 2. The Balaban J connectivity index is 1.16. The topological polar surface area (TPSA) is 183 Å². The van der Waals surface area contributed by atoms with E-state index in [1.165, 1.54) is 18.2 Å². The van der Waals surface area contributed by atoms with Crippen molar-refractivity contribution in [1.82, 2.24) is 0 Å². The number of phenolic OH excluding ortho intramolecular Hbond substituents is 3. The van der Waals surface area contributed by atoms with Crippen LogP contribution in [-0.4, -0.2) is 91.0 Å². The van der Waals surface area contributed by atoms with Gasteiger partial charge >= 0.3 is 0 Å². The van der Waals surface area contributed by atoms with Gasteiger partial charge in [0.2, 0.25) is 0 Å². The van der Waals surface area contributed by atoms with Gasteiger partial charge in [0.15, 0.2) is 11.6 Å². The summed E-state index contributed by atoms with van der Waals surface area (Å²) in [5.41, 5.74) is 0.418. The predicted octanol–water partition coefficient (Wildman–Crippen LogP) is 3.95. The number of carbonyl (C=O) groups excluding carboxylic acids is 2. The Morgan fingerprint density at radius 3 is 2.04 bits per heavy atom. The molecule has 0 amide bonds. The molecule has 3 aliphatic heterocycles. The maximum atomic E-state index is 13.9. The van der Waals surface area contributed by atoms with E-state index in [4.69, 9.17) is 14.2 Å². The van der Waals surface area contributed by atoms with Gasteiger partial charge in [0.05, 0.1) is 60.0 Å². The maximum absolute atomic E-state index is 13.9. The molecule has 0 radical (unpaired) electrons. The van der Waals surface area contributed by atoms with E-state index in [2.05, 4.69) is 0 Å². The molecule has 3 aromatic carbocycles. The first-order valence-corrected chi connectivity index (χ1v) is 16.7. The second kappa shape index (κ2) is 12.1. The van der Waals surface area contributed by atoms with E-state index >= 15 is 0 Å². The van der Waals surface area contributed by atoms with Gasteiger partial charge in [-0.2, -0.15) is 0 Å². The summed E-state index contributed by atoms with van der Waals surface area (Å²) >= 11 is 0. The number of carbonyl (C=O) groups is 2. The largest absolute Gasteiger partial charge is 0.507 e. The highest BCUT2D eigenvalue weighted by Gasteiger charge is 2.47. The second-order valence-electron chi connectivity index (χ2n) is 14.1. The van der Waals surface area contributed by atoms with Gasteiger partial charge in [-0.1, -0.05) is 6.07 Å². The molecule has 48 heavy (non-hydrogen) atoms. The quantitative estimate of drug-likeness (QED) is 0.187. The summed E-state index contributed by atoms with van der Waals surface area (Å²) in [7, 11) is 0. The Morgan fingerprint density at radius 2 is 1.33 bits per heavy atom. The minimum absolute atomic E-state index is 0.00494. The number of aliphatic hydroxyl groups excluding tert-OH is 3. The molecule has 0 saturated carbocycles. The van der Waals surface area contributed by atoms with E-state index in [1.54, 1.807) is 32.9 Å². The molecule has 0 bridgehead atoms. The molecule has 0 aromatic heterocycles. The van der Waals surface area contributed by atoms with Crippen molar-refractivity contribution in [2.45, 2.75) is 108 Å². The normalized spacial score (nSPS) is 35.4. The average Bonchev–Trinajstić information content (AvgIpc) is 3.03. The van der Waals surface area contributed by atoms with Crippen LogP contribution in [0.3, 0.4) is 0 Å². The molecule has 6 N–H and O–H groups in total. The first kappa shape index (κ1) is 32.9. The number of ether oxygens (including phenoxy) is 3. The SMILES string of the molecule is Cc1cc(O)c2cc3c(c(O)c2c1)C(=O)c1ccc([C@@H]2C[C@H]([C@H]4CC[C@H]([C@@H]5C[C@H](O)[C@@H](O)[C@H](C)O5)[C@H](C)O4)[C@@H](O)[C@H](C)O2)c(O)c1C3=O. The third kappa shape index (κ3) is 5.19. The summed E-state index contributed by atoms with van der Waals surface area (Å²) in [6.07, 6.45) is -3.44. The number of phenols is 3. The van der Waals surface area contributed by atoms with E-state index in [1.807, 2.05) is 6.92 Å². The summed E-state index contributed by atoms with van der Waals surface area (Å²) < 4.78 is 18.7. The van der Waals surface area contributed by atoms with E-state index in [0.717, 1.165) is 6.42 Å². The molecule has 4 aliphatic rings. The third-order valence-electron chi connectivity index (χ3n) is 11.1.